The first-order chi connectivity index (χ1) is 12.5. The highest BCUT2D eigenvalue weighted by atomic mass is 16.4. The minimum atomic E-state index is -0.243. The van der Waals surface area contributed by atoms with E-state index in [9.17, 15) is 9.59 Å². The van der Waals surface area contributed by atoms with E-state index in [1.165, 1.54) is 6.92 Å². The second-order valence-electron chi connectivity index (χ2n) is 6.55. The summed E-state index contributed by atoms with van der Waals surface area (Å²) in [7, 11) is 3.52. The minimum Gasteiger partial charge on any atom is -0.455 e. The molecule has 0 aromatic carbocycles. The van der Waals surface area contributed by atoms with Gasteiger partial charge >= 0.3 is 0 Å². The molecule has 0 bridgehead atoms. The van der Waals surface area contributed by atoms with Gasteiger partial charge in [-0.1, -0.05) is 0 Å². The van der Waals surface area contributed by atoms with E-state index in [4.69, 9.17) is 4.42 Å². The Morgan fingerprint density at radius 2 is 2.04 bits per heavy atom. The van der Waals surface area contributed by atoms with Crippen LogP contribution in [0.25, 0.3) is 0 Å². The molecular formula is C17H24N6O3. The van der Waals surface area contributed by atoms with Crippen LogP contribution in [0.3, 0.4) is 0 Å². The third-order valence-electron chi connectivity index (χ3n) is 4.60. The van der Waals surface area contributed by atoms with Crippen molar-refractivity contribution in [1.82, 2.24) is 30.7 Å². The molecule has 0 aliphatic heterocycles. The predicted molar refractivity (Wildman–Crippen MR) is 93.2 cm³/mol. The third-order valence-corrected chi connectivity index (χ3v) is 4.60. The molecule has 3 N–H and O–H groups in total. The summed E-state index contributed by atoms with van der Waals surface area (Å²) in [6.45, 7) is 2.57. The molecule has 0 radical (unpaired) electrons. The van der Waals surface area contributed by atoms with Gasteiger partial charge in [0.15, 0.2) is 5.76 Å². The van der Waals surface area contributed by atoms with Crippen LogP contribution in [0.15, 0.2) is 16.5 Å². The Balaban J connectivity index is 1.49. The summed E-state index contributed by atoms with van der Waals surface area (Å²) >= 11 is 0. The largest absolute Gasteiger partial charge is 0.455 e. The van der Waals surface area contributed by atoms with Gasteiger partial charge in [0.2, 0.25) is 5.91 Å². The molecule has 1 aliphatic carbocycles. The zero-order valence-electron chi connectivity index (χ0n) is 15.2. The van der Waals surface area contributed by atoms with Crippen molar-refractivity contribution in [2.75, 3.05) is 7.05 Å². The van der Waals surface area contributed by atoms with Gasteiger partial charge in [-0.25, -0.2) is 0 Å². The lowest BCUT2D eigenvalue weighted by atomic mass is 9.79. The zero-order valence-corrected chi connectivity index (χ0v) is 15.2. The van der Waals surface area contributed by atoms with Crippen molar-refractivity contribution in [3.05, 3.63) is 35.3 Å². The van der Waals surface area contributed by atoms with E-state index < -0.39 is 0 Å². The van der Waals surface area contributed by atoms with Crippen LogP contribution >= 0.6 is 0 Å². The molecule has 0 unspecified atom stereocenters. The maximum absolute atomic E-state index is 11.5. The Bertz CT molecular complexity index is 790. The van der Waals surface area contributed by atoms with Gasteiger partial charge in [0.25, 0.3) is 5.91 Å². The molecule has 3 rings (SSSR count). The highest BCUT2D eigenvalue weighted by Gasteiger charge is 2.34. The summed E-state index contributed by atoms with van der Waals surface area (Å²) in [6.07, 6.45) is 1.79. The van der Waals surface area contributed by atoms with Gasteiger partial charge in [0.1, 0.15) is 17.4 Å². The fourth-order valence-corrected chi connectivity index (χ4v) is 3.13. The topological polar surface area (TPSA) is 114 Å². The number of nitrogens with zero attached hydrogens (tertiary/aromatic N) is 3. The molecule has 1 saturated carbocycles. The third kappa shape index (κ3) is 3.93. The first-order valence-electron chi connectivity index (χ1n) is 8.64. The van der Waals surface area contributed by atoms with Crippen molar-refractivity contribution < 1.29 is 14.0 Å². The number of furan rings is 1. The Hall–Kier alpha value is -2.68. The Kier molecular flexibility index (Phi) is 5.36. The fourth-order valence-electron chi connectivity index (χ4n) is 3.13. The average Bonchev–Trinajstić information content (AvgIpc) is 3.18. The van der Waals surface area contributed by atoms with Crippen molar-refractivity contribution in [2.24, 2.45) is 7.05 Å². The molecule has 2 aromatic heterocycles. The molecule has 26 heavy (non-hydrogen) atoms. The molecule has 1 aliphatic rings. The molecule has 0 saturated heterocycles. The maximum Gasteiger partial charge on any atom is 0.286 e. The van der Waals surface area contributed by atoms with Gasteiger partial charge < -0.3 is 24.9 Å². The van der Waals surface area contributed by atoms with Crippen molar-refractivity contribution in [3.8, 4) is 0 Å². The second-order valence-corrected chi connectivity index (χ2v) is 6.55. The van der Waals surface area contributed by atoms with Crippen LogP contribution in [0.5, 0.6) is 0 Å². The van der Waals surface area contributed by atoms with E-state index >= 15 is 0 Å². The maximum atomic E-state index is 11.5. The first-order valence-corrected chi connectivity index (χ1v) is 8.64. The van der Waals surface area contributed by atoms with E-state index in [0.29, 0.717) is 30.5 Å². The van der Waals surface area contributed by atoms with Crippen molar-refractivity contribution in [3.63, 3.8) is 0 Å². The normalized spacial score (nSPS) is 19.0. The number of carbonyl (C=O) groups is 2. The standard InChI is InChI=1S/C17H24N6O3/c1-10(24)20-12-6-11(7-12)16-22-21-15(23(16)3)9-19-8-13-4-5-14(26-13)17(25)18-2/h4-5,11-12,19H,6-9H2,1-3H3,(H,18,25)(H,20,24). The highest BCUT2D eigenvalue weighted by molar-refractivity contribution is 5.91. The second kappa shape index (κ2) is 7.69. The van der Waals surface area contributed by atoms with Crippen LogP contribution in [0.1, 0.15) is 53.6 Å². The van der Waals surface area contributed by atoms with Gasteiger partial charge in [-0.15, -0.1) is 10.2 Å². The van der Waals surface area contributed by atoms with E-state index in [-0.39, 0.29) is 17.9 Å². The van der Waals surface area contributed by atoms with Crippen LogP contribution in [0.2, 0.25) is 0 Å². The van der Waals surface area contributed by atoms with Crippen molar-refractivity contribution >= 4 is 11.8 Å². The molecule has 0 spiro atoms. The smallest absolute Gasteiger partial charge is 0.286 e. The molecule has 140 valence electrons. The number of rotatable bonds is 7. The van der Waals surface area contributed by atoms with E-state index in [2.05, 4.69) is 26.1 Å². The van der Waals surface area contributed by atoms with E-state index in [0.717, 1.165) is 24.5 Å². The number of nitrogens with one attached hydrogen (secondary N) is 3. The number of hydrogen-bond acceptors (Lipinski definition) is 6. The fraction of sp³-hybridized carbons (Fsp3) is 0.529. The zero-order chi connectivity index (χ0) is 18.7. The molecule has 2 heterocycles. The Morgan fingerprint density at radius 1 is 1.27 bits per heavy atom. The predicted octanol–water partition coefficient (Wildman–Crippen LogP) is 0.440. The summed E-state index contributed by atoms with van der Waals surface area (Å²) in [6, 6.07) is 3.67. The van der Waals surface area contributed by atoms with Gasteiger partial charge in [-0.2, -0.15) is 0 Å². The lowest BCUT2D eigenvalue weighted by Gasteiger charge is -2.34. The monoisotopic (exact) mass is 360 g/mol. The van der Waals surface area contributed by atoms with Gasteiger partial charge in [0, 0.05) is 33.0 Å². The molecule has 1 fully saturated rings. The van der Waals surface area contributed by atoms with Crippen LogP contribution in [0.4, 0.5) is 0 Å². The molecule has 9 nitrogen and oxygen atoms in total. The average molecular weight is 360 g/mol. The summed E-state index contributed by atoms with van der Waals surface area (Å²) in [5.74, 6) is 2.86. The molecule has 0 atom stereocenters. The van der Waals surface area contributed by atoms with E-state index in [1.54, 1.807) is 19.2 Å². The van der Waals surface area contributed by atoms with Crippen molar-refractivity contribution in [1.29, 1.82) is 0 Å². The summed E-state index contributed by atoms with van der Waals surface area (Å²) in [5.41, 5.74) is 0. The molecule has 2 amide bonds. The van der Waals surface area contributed by atoms with Crippen LogP contribution < -0.4 is 16.0 Å². The van der Waals surface area contributed by atoms with E-state index in [1.807, 2.05) is 11.6 Å². The SMILES string of the molecule is CNC(=O)c1ccc(CNCc2nnc(C3CC(NC(C)=O)C3)n2C)o1. The lowest BCUT2D eigenvalue weighted by molar-refractivity contribution is -0.120. The number of amides is 2. The Morgan fingerprint density at radius 3 is 2.73 bits per heavy atom. The van der Waals surface area contributed by atoms with Gasteiger partial charge in [-0.05, 0) is 25.0 Å². The molecule has 9 heteroatoms. The first kappa shape index (κ1) is 18.1. The van der Waals surface area contributed by atoms with Gasteiger partial charge in [0.05, 0.1) is 13.1 Å². The minimum absolute atomic E-state index is 0.00815. The molecule has 2 aromatic rings. The quantitative estimate of drug-likeness (QED) is 0.660. The van der Waals surface area contributed by atoms with Gasteiger partial charge in [-0.3, -0.25) is 9.59 Å². The van der Waals surface area contributed by atoms with Crippen LogP contribution in [-0.2, 0) is 24.9 Å². The summed E-state index contributed by atoms with van der Waals surface area (Å²) in [5, 5.41) is 17.2. The summed E-state index contributed by atoms with van der Waals surface area (Å²) in [4.78, 5) is 22.5. The van der Waals surface area contributed by atoms with Crippen LogP contribution in [-0.4, -0.2) is 39.7 Å². The number of hydrogen-bond donors (Lipinski definition) is 3. The Labute approximate surface area is 151 Å². The highest BCUT2D eigenvalue weighted by Crippen LogP contribution is 2.35. The number of carbonyl (C=O) groups excluding carboxylic acids is 2. The number of aromatic nitrogens is 3. The summed E-state index contributed by atoms with van der Waals surface area (Å²) < 4.78 is 7.47. The lowest BCUT2D eigenvalue weighted by Crippen LogP contribution is -2.43. The van der Waals surface area contributed by atoms with Crippen molar-refractivity contribution in [2.45, 2.75) is 44.8 Å². The molecular weight excluding hydrogens is 336 g/mol. The van der Waals surface area contributed by atoms with Crippen LogP contribution in [0, 0.1) is 0 Å².